The second-order valence-corrected chi connectivity index (χ2v) is 7.84. The molecule has 0 saturated heterocycles. The van der Waals surface area contributed by atoms with Gasteiger partial charge in [0.15, 0.2) is 10.6 Å². The minimum absolute atomic E-state index is 0.100. The van der Waals surface area contributed by atoms with E-state index in [1.807, 2.05) is 18.2 Å². The van der Waals surface area contributed by atoms with Crippen LogP contribution in [0.2, 0.25) is 10.0 Å². The van der Waals surface area contributed by atoms with E-state index in [0.29, 0.717) is 25.8 Å². The van der Waals surface area contributed by atoms with E-state index in [4.69, 9.17) is 32.4 Å². The number of thiazole rings is 1. The summed E-state index contributed by atoms with van der Waals surface area (Å²) in [5, 5.41) is 1.64. The number of nitrogens with zero attached hydrogens (tertiary/aromatic N) is 2. The molecule has 0 aliphatic rings. The van der Waals surface area contributed by atoms with Gasteiger partial charge in [-0.05, 0) is 31.2 Å². The average Bonchev–Trinajstić information content (AvgIpc) is 3.28. The van der Waals surface area contributed by atoms with Crippen LogP contribution in [0.5, 0.6) is 0 Å². The Hall–Kier alpha value is -2.61. The van der Waals surface area contributed by atoms with Crippen molar-refractivity contribution in [3.8, 4) is 0 Å². The molecule has 6 nitrogen and oxygen atoms in total. The summed E-state index contributed by atoms with van der Waals surface area (Å²) in [5.41, 5.74) is 1.11. The predicted octanol–water partition coefficient (Wildman–Crippen LogP) is 5.06. The summed E-state index contributed by atoms with van der Waals surface area (Å²) in [4.78, 5) is 29.3. The molecule has 0 aliphatic heterocycles. The standard InChI is InChI=1S/C20H14Cl2N2O4S/c1-2-27-16(25)10-24-17-12(21)7-8-13(22)18(17)29-20(24)23-19(26)15-9-11-5-3-4-6-14(11)28-15/h3-9H,2,10H2,1H3. The lowest BCUT2D eigenvalue weighted by molar-refractivity contribution is -0.143. The van der Waals surface area contributed by atoms with Crippen LogP contribution in [0.3, 0.4) is 0 Å². The molecule has 4 aromatic rings. The summed E-state index contributed by atoms with van der Waals surface area (Å²) < 4.78 is 12.8. The number of hydrogen-bond donors (Lipinski definition) is 0. The third kappa shape index (κ3) is 3.81. The lowest BCUT2D eigenvalue weighted by Gasteiger charge is -2.06. The molecule has 0 aliphatic carbocycles. The van der Waals surface area contributed by atoms with Crippen LogP contribution in [0.1, 0.15) is 17.5 Å². The molecule has 9 heteroatoms. The van der Waals surface area contributed by atoms with Gasteiger partial charge in [0.2, 0.25) is 0 Å². The van der Waals surface area contributed by atoms with Crippen molar-refractivity contribution < 1.29 is 18.7 Å². The number of aromatic nitrogens is 1. The summed E-state index contributed by atoms with van der Waals surface area (Å²) in [6, 6.07) is 12.2. The maximum Gasteiger partial charge on any atom is 0.326 e. The number of fused-ring (bicyclic) bond motifs is 2. The van der Waals surface area contributed by atoms with Gasteiger partial charge in [-0.3, -0.25) is 9.59 Å². The molecule has 29 heavy (non-hydrogen) atoms. The molecule has 0 bridgehead atoms. The number of benzene rings is 2. The molecule has 0 saturated carbocycles. The number of ether oxygens (including phenoxy) is 1. The number of halogens is 2. The number of para-hydroxylation sites is 1. The minimum Gasteiger partial charge on any atom is -0.465 e. The molecule has 0 unspecified atom stereocenters. The molecule has 0 fully saturated rings. The summed E-state index contributed by atoms with van der Waals surface area (Å²) in [7, 11) is 0. The van der Waals surface area contributed by atoms with Crippen molar-refractivity contribution in [3.63, 3.8) is 0 Å². The van der Waals surface area contributed by atoms with Crippen molar-refractivity contribution in [2.24, 2.45) is 4.99 Å². The number of esters is 1. The summed E-state index contributed by atoms with van der Waals surface area (Å²) in [6.45, 7) is 1.80. The van der Waals surface area contributed by atoms with Crippen LogP contribution in [0.15, 0.2) is 51.9 Å². The third-order valence-electron chi connectivity index (χ3n) is 4.15. The first-order valence-corrected chi connectivity index (χ1v) is 10.3. The van der Waals surface area contributed by atoms with Gasteiger partial charge in [-0.1, -0.05) is 52.7 Å². The van der Waals surface area contributed by atoms with Crippen LogP contribution in [-0.2, 0) is 16.1 Å². The molecular weight excluding hydrogens is 435 g/mol. The fourth-order valence-electron chi connectivity index (χ4n) is 2.91. The smallest absolute Gasteiger partial charge is 0.326 e. The molecule has 1 amide bonds. The first kappa shape index (κ1) is 19.7. The van der Waals surface area contributed by atoms with Crippen molar-refractivity contribution in [3.05, 3.63) is 63.1 Å². The first-order valence-electron chi connectivity index (χ1n) is 8.68. The topological polar surface area (TPSA) is 73.8 Å². The van der Waals surface area contributed by atoms with Crippen LogP contribution in [0.25, 0.3) is 21.2 Å². The van der Waals surface area contributed by atoms with Crippen molar-refractivity contribution in [1.82, 2.24) is 4.57 Å². The van der Waals surface area contributed by atoms with E-state index in [9.17, 15) is 9.59 Å². The molecule has 4 rings (SSSR count). The third-order valence-corrected chi connectivity index (χ3v) is 6.00. The molecule has 2 heterocycles. The molecule has 0 radical (unpaired) electrons. The Morgan fingerprint density at radius 3 is 2.69 bits per heavy atom. The lowest BCUT2D eigenvalue weighted by atomic mass is 10.2. The zero-order valence-electron chi connectivity index (χ0n) is 15.1. The molecule has 148 valence electrons. The van der Waals surface area contributed by atoms with E-state index in [1.54, 1.807) is 31.2 Å². The number of carbonyl (C=O) groups excluding carboxylic acids is 2. The van der Waals surface area contributed by atoms with Crippen molar-refractivity contribution in [1.29, 1.82) is 0 Å². The number of amides is 1. The van der Waals surface area contributed by atoms with Crippen LogP contribution in [0.4, 0.5) is 0 Å². The van der Waals surface area contributed by atoms with E-state index < -0.39 is 11.9 Å². The highest BCUT2D eigenvalue weighted by atomic mass is 35.5. The van der Waals surface area contributed by atoms with Gasteiger partial charge in [0.1, 0.15) is 12.1 Å². The number of hydrogen-bond acceptors (Lipinski definition) is 5. The molecular formula is C20H14Cl2N2O4S. The second kappa shape index (κ2) is 8.02. The number of carbonyl (C=O) groups is 2. The van der Waals surface area contributed by atoms with E-state index >= 15 is 0 Å². The fraction of sp³-hybridized carbons (Fsp3) is 0.150. The van der Waals surface area contributed by atoms with E-state index in [0.717, 1.165) is 16.7 Å². The number of rotatable bonds is 4. The highest BCUT2D eigenvalue weighted by Gasteiger charge is 2.18. The Balaban J connectivity index is 1.87. The molecule has 0 N–H and O–H groups in total. The summed E-state index contributed by atoms with van der Waals surface area (Å²) in [6.07, 6.45) is 0. The Morgan fingerprint density at radius 1 is 1.17 bits per heavy atom. The molecule has 2 aromatic heterocycles. The zero-order chi connectivity index (χ0) is 20.5. The lowest BCUT2D eigenvalue weighted by Crippen LogP contribution is -2.23. The summed E-state index contributed by atoms with van der Waals surface area (Å²) >= 11 is 13.8. The second-order valence-electron chi connectivity index (χ2n) is 6.05. The van der Waals surface area contributed by atoms with Gasteiger partial charge in [0.05, 0.1) is 26.9 Å². The SMILES string of the molecule is CCOC(=O)Cn1c(=NC(=O)c2cc3ccccc3o2)sc2c(Cl)ccc(Cl)c21. The summed E-state index contributed by atoms with van der Waals surface area (Å²) in [5.74, 6) is -0.943. The quantitative estimate of drug-likeness (QED) is 0.409. The minimum atomic E-state index is -0.572. The largest absolute Gasteiger partial charge is 0.465 e. The highest BCUT2D eigenvalue weighted by molar-refractivity contribution is 7.17. The monoisotopic (exact) mass is 448 g/mol. The van der Waals surface area contributed by atoms with E-state index in [-0.39, 0.29) is 23.7 Å². The molecule has 2 aromatic carbocycles. The van der Waals surface area contributed by atoms with Crippen molar-refractivity contribution in [2.75, 3.05) is 6.61 Å². The maximum atomic E-state index is 12.7. The zero-order valence-corrected chi connectivity index (χ0v) is 17.5. The van der Waals surface area contributed by atoms with Crippen LogP contribution in [0, 0.1) is 0 Å². The van der Waals surface area contributed by atoms with Crippen LogP contribution >= 0.6 is 34.5 Å². The van der Waals surface area contributed by atoms with Gasteiger partial charge in [0, 0.05) is 5.39 Å². The average molecular weight is 449 g/mol. The van der Waals surface area contributed by atoms with Crippen LogP contribution in [-0.4, -0.2) is 23.1 Å². The van der Waals surface area contributed by atoms with Gasteiger partial charge in [-0.15, -0.1) is 0 Å². The Kier molecular flexibility index (Phi) is 5.45. The van der Waals surface area contributed by atoms with Crippen molar-refractivity contribution >= 4 is 67.6 Å². The van der Waals surface area contributed by atoms with Gasteiger partial charge < -0.3 is 13.7 Å². The van der Waals surface area contributed by atoms with Gasteiger partial charge in [-0.2, -0.15) is 4.99 Å². The van der Waals surface area contributed by atoms with Crippen LogP contribution < -0.4 is 4.80 Å². The Labute approximate surface area is 178 Å². The van der Waals surface area contributed by atoms with Gasteiger partial charge in [-0.25, -0.2) is 0 Å². The van der Waals surface area contributed by atoms with E-state index in [2.05, 4.69) is 4.99 Å². The number of furan rings is 1. The first-order chi connectivity index (χ1) is 14.0. The normalized spacial score (nSPS) is 12.0. The fourth-order valence-corrected chi connectivity index (χ4v) is 4.55. The Morgan fingerprint density at radius 2 is 1.93 bits per heavy atom. The predicted molar refractivity (Wildman–Crippen MR) is 113 cm³/mol. The van der Waals surface area contributed by atoms with Gasteiger partial charge >= 0.3 is 11.9 Å². The maximum absolute atomic E-state index is 12.7. The molecule has 0 spiro atoms. The Bertz CT molecular complexity index is 1290. The molecule has 0 atom stereocenters. The van der Waals surface area contributed by atoms with Gasteiger partial charge in [0.25, 0.3) is 0 Å². The van der Waals surface area contributed by atoms with Crippen molar-refractivity contribution in [2.45, 2.75) is 13.5 Å². The van der Waals surface area contributed by atoms with E-state index in [1.165, 1.54) is 4.57 Å². The highest BCUT2D eigenvalue weighted by Crippen LogP contribution is 2.32.